The average Bonchev–Trinajstić information content (AvgIpc) is 3.17. The summed E-state index contributed by atoms with van der Waals surface area (Å²) in [5.41, 5.74) is 13.2. The van der Waals surface area contributed by atoms with Crippen LogP contribution in [0.4, 0.5) is 11.6 Å². The number of hydrogen-bond acceptors (Lipinski definition) is 4. The molecular weight excluding hydrogens is 336 g/mol. The highest BCUT2D eigenvalue weighted by Crippen LogP contribution is 2.44. The molecule has 0 bridgehead atoms. The van der Waals surface area contributed by atoms with E-state index >= 15 is 0 Å². The number of hydrogen-bond donors (Lipinski definition) is 3. The second kappa shape index (κ2) is 6.02. The summed E-state index contributed by atoms with van der Waals surface area (Å²) in [6, 6.07) is 20.7. The molecule has 134 valence electrons. The highest BCUT2D eigenvalue weighted by Gasteiger charge is 2.33. The van der Waals surface area contributed by atoms with Gasteiger partial charge >= 0.3 is 0 Å². The van der Waals surface area contributed by atoms with Gasteiger partial charge in [-0.3, -0.25) is 16.0 Å². The van der Waals surface area contributed by atoms with Gasteiger partial charge in [-0.25, -0.2) is 4.68 Å². The number of H-pyrrole nitrogens is 1. The molecule has 0 saturated carbocycles. The lowest BCUT2D eigenvalue weighted by atomic mass is 9.85. The maximum Gasteiger partial charge on any atom is 0.170 e. The summed E-state index contributed by atoms with van der Waals surface area (Å²) in [6.07, 6.45) is 0. The molecule has 1 aliphatic heterocycles. The molecule has 6 nitrogen and oxygen atoms in total. The van der Waals surface area contributed by atoms with Gasteiger partial charge in [-0.2, -0.15) is 10.2 Å². The predicted molar refractivity (Wildman–Crippen MR) is 106 cm³/mol. The summed E-state index contributed by atoms with van der Waals surface area (Å²) in [6.45, 7) is 4.13. The van der Waals surface area contributed by atoms with Crippen LogP contribution in [0.2, 0.25) is 0 Å². The van der Waals surface area contributed by atoms with Crippen LogP contribution in [0.25, 0.3) is 5.69 Å². The van der Waals surface area contributed by atoms with Gasteiger partial charge < -0.3 is 0 Å². The van der Waals surface area contributed by atoms with Crippen molar-refractivity contribution in [2.24, 2.45) is 0 Å². The van der Waals surface area contributed by atoms with E-state index in [9.17, 15) is 0 Å². The lowest BCUT2D eigenvalue weighted by molar-refractivity contribution is 0.865. The van der Waals surface area contributed by atoms with Crippen molar-refractivity contribution in [1.82, 2.24) is 20.0 Å². The first-order valence-corrected chi connectivity index (χ1v) is 9.01. The molecule has 4 aromatic rings. The van der Waals surface area contributed by atoms with E-state index in [4.69, 9.17) is 5.10 Å². The van der Waals surface area contributed by atoms with Crippen molar-refractivity contribution in [2.45, 2.75) is 19.8 Å². The topological polar surface area (TPSA) is 70.6 Å². The lowest BCUT2D eigenvalue weighted by Crippen LogP contribution is -2.13. The fraction of sp³-hybridized carbons (Fsp3) is 0.143. The van der Waals surface area contributed by atoms with Crippen molar-refractivity contribution in [1.29, 1.82) is 0 Å². The third kappa shape index (κ3) is 2.41. The Hall–Kier alpha value is -3.54. The van der Waals surface area contributed by atoms with E-state index in [1.54, 1.807) is 0 Å². The molecule has 0 aliphatic carbocycles. The SMILES string of the molecule is Cc1nn(-c2ccccc2)c2c1C(c1ccccc1)c1c(n[nH]c1C)NN2. The summed E-state index contributed by atoms with van der Waals surface area (Å²) in [5.74, 6) is 1.79. The fourth-order valence-electron chi connectivity index (χ4n) is 3.89. The number of fused-ring (bicyclic) bond motifs is 2. The molecule has 27 heavy (non-hydrogen) atoms. The van der Waals surface area contributed by atoms with Crippen molar-refractivity contribution in [3.05, 3.63) is 88.7 Å². The van der Waals surface area contributed by atoms with Gasteiger partial charge in [-0.15, -0.1) is 0 Å². The molecule has 0 spiro atoms. The Balaban J connectivity index is 1.79. The van der Waals surface area contributed by atoms with Gasteiger partial charge in [-0.1, -0.05) is 48.5 Å². The van der Waals surface area contributed by atoms with Gasteiger partial charge in [0.25, 0.3) is 0 Å². The van der Waals surface area contributed by atoms with E-state index in [0.29, 0.717) is 0 Å². The molecule has 0 fully saturated rings. The molecule has 1 aliphatic rings. The zero-order valence-electron chi connectivity index (χ0n) is 15.2. The average molecular weight is 356 g/mol. The highest BCUT2D eigenvalue weighted by molar-refractivity contribution is 5.69. The van der Waals surface area contributed by atoms with Gasteiger partial charge in [0.15, 0.2) is 11.6 Å². The highest BCUT2D eigenvalue weighted by atomic mass is 15.5. The first-order valence-electron chi connectivity index (χ1n) is 9.01. The number of nitrogens with zero attached hydrogens (tertiary/aromatic N) is 3. The third-order valence-electron chi connectivity index (χ3n) is 5.11. The lowest BCUT2D eigenvalue weighted by Gasteiger charge is -2.17. The molecule has 0 saturated heterocycles. The number of benzene rings is 2. The molecule has 0 radical (unpaired) electrons. The maximum atomic E-state index is 4.85. The van der Waals surface area contributed by atoms with E-state index in [2.05, 4.69) is 71.3 Å². The Bertz CT molecular complexity index is 1090. The van der Waals surface area contributed by atoms with E-state index < -0.39 is 0 Å². The fourth-order valence-corrected chi connectivity index (χ4v) is 3.89. The molecule has 2 aromatic heterocycles. The molecule has 3 N–H and O–H groups in total. The minimum Gasteiger partial charge on any atom is -0.282 e. The Labute approximate surface area is 157 Å². The number of para-hydroxylation sites is 1. The number of aryl methyl sites for hydroxylation is 2. The van der Waals surface area contributed by atoms with Crippen molar-refractivity contribution in [3.8, 4) is 5.69 Å². The van der Waals surface area contributed by atoms with Crippen LogP contribution in [0.1, 0.15) is 34.0 Å². The van der Waals surface area contributed by atoms with Crippen molar-refractivity contribution < 1.29 is 0 Å². The van der Waals surface area contributed by atoms with Gasteiger partial charge in [-0.05, 0) is 31.5 Å². The summed E-state index contributed by atoms with van der Waals surface area (Å²) in [7, 11) is 0. The molecule has 0 amide bonds. The van der Waals surface area contributed by atoms with Crippen LogP contribution in [-0.4, -0.2) is 20.0 Å². The summed E-state index contributed by atoms with van der Waals surface area (Å²) in [5, 5.41) is 12.4. The van der Waals surface area contributed by atoms with Crippen LogP contribution < -0.4 is 10.9 Å². The number of rotatable bonds is 2. The van der Waals surface area contributed by atoms with Gasteiger partial charge in [0.05, 0.1) is 11.4 Å². The summed E-state index contributed by atoms with van der Waals surface area (Å²) in [4.78, 5) is 0. The Kier molecular flexibility index (Phi) is 3.50. The molecular formula is C21H20N6. The van der Waals surface area contributed by atoms with Gasteiger partial charge in [0.1, 0.15) is 0 Å². The van der Waals surface area contributed by atoms with Crippen LogP contribution >= 0.6 is 0 Å². The van der Waals surface area contributed by atoms with Crippen LogP contribution in [0.15, 0.2) is 60.7 Å². The molecule has 5 rings (SSSR count). The van der Waals surface area contributed by atoms with Crippen molar-refractivity contribution in [2.75, 3.05) is 10.9 Å². The minimum absolute atomic E-state index is 0.0370. The van der Waals surface area contributed by atoms with Crippen LogP contribution in [-0.2, 0) is 0 Å². The monoisotopic (exact) mass is 356 g/mol. The van der Waals surface area contributed by atoms with E-state index in [-0.39, 0.29) is 5.92 Å². The summed E-state index contributed by atoms with van der Waals surface area (Å²) >= 11 is 0. The molecule has 3 heterocycles. The van der Waals surface area contributed by atoms with Crippen molar-refractivity contribution >= 4 is 11.6 Å². The number of aromatic nitrogens is 4. The van der Waals surface area contributed by atoms with E-state index in [1.165, 1.54) is 5.56 Å². The Morgan fingerprint density at radius 1 is 0.852 bits per heavy atom. The molecule has 1 unspecified atom stereocenters. The number of hydrazine groups is 1. The number of aromatic amines is 1. The van der Waals surface area contributed by atoms with Gasteiger partial charge in [0.2, 0.25) is 0 Å². The second-order valence-corrected chi connectivity index (χ2v) is 6.80. The summed E-state index contributed by atoms with van der Waals surface area (Å²) < 4.78 is 1.96. The second-order valence-electron chi connectivity index (χ2n) is 6.80. The standard InChI is InChI=1S/C21H20N6/c1-13-17-19(15-9-5-3-6-10-15)18-14(2)26-27(16-11-7-4-8-12-16)21(18)25-24-20(17)23-22-13/h3-12,19,25H,1-2H3,(H2,22,23,24). The number of anilines is 2. The predicted octanol–water partition coefficient (Wildman–Crippen LogP) is 4.14. The van der Waals surface area contributed by atoms with E-state index in [0.717, 1.165) is 39.8 Å². The first kappa shape index (κ1) is 15.7. The first-order chi connectivity index (χ1) is 13.2. The largest absolute Gasteiger partial charge is 0.282 e. The van der Waals surface area contributed by atoms with Crippen LogP contribution in [0.5, 0.6) is 0 Å². The molecule has 1 atom stereocenters. The number of nitrogens with one attached hydrogen (secondary N) is 3. The Morgan fingerprint density at radius 2 is 1.56 bits per heavy atom. The maximum absolute atomic E-state index is 4.85. The van der Waals surface area contributed by atoms with E-state index in [1.807, 2.05) is 28.9 Å². The third-order valence-corrected chi connectivity index (χ3v) is 5.11. The van der Waals surface area contributed by atoms with Gasteiger partial charge in [0, 0.05) is 22.7 Å². The van der Waals surface area contributed by atoms with Crippen molar-refractivity contribution in [3.63, 3.8) is 0 Å². The van der Waals surface area contributed by atoms with Crippen LogP contribution in [0, 0.1) is 13.8 Å². The molecule has 2 aromatic carbocycles. The minimum atomic E-state index is 0.0370. The van der Waals surface area contributed by atoms with Crippen LogP contribution in [0.3, 0.4) is 0 Å². The smallest absolute Gasteiger partial charge is 0.170 e. The Morgan fingerprint density at radius 3 is 2.30 bits per heavy atom. The zero-order valence-corrected chi connectivity index (χ0v) is 15.2. The quantitative estimate of drug-likeness (QED) is 0.505. The zero-order chi connectivity index (χ0) is 18.4. The molecule has 6 heteroatoms. The normalized spacial score (nSPS) is 15.3.